The minimum absolute atomic E-state index is 0.0614. The summed E-state index contributed by atoms with van der Waals surface area (Å²) in [5.41, 5.74) is 3.11. The Balaban J connectivity index is 1.98. The number of carbonyl (C=O) groups is 2. The van der Waals surface area contributed by atoms with Crippen molar-refractivity contribution in [3.05, 3.63) is 94.5 Å². The Bertz CT molecular complexity index is 1360. The lowest BCUT2D eigenvalue weighted by molar-refractivity contribution is -0.139. The molecule has 1 atom stereocenters. The molecule has 0 fully saturated rings. The fourth-order valence-corrected chi connectivity index (χ4v) is 5.52. The highest BCUT2D eigenvalue weighted by atomic mass is 35.5. The van der Waals surface area contributed by atoms with Gasteiger partial charge in [-0.15, -0.1) is 0 Å². The molecule has 0 aliphatic rings. The predicted octanol–water partition coefficient (Wildman–Crippen LogP) is 5.49. The van der Waals surface area contributed by atoms with E-state index in [1.165, 1.54) is 17.0 Å². The normalized spacial score (nSPS) is 12.0. The first-order valence-corrected chi connectivity index (χ1v) is 14.8. The highest BCUT2D eigenvalue weighted by Crippen LogP contribution is 2.26. The summed E-state index contributed by atoms with van der Waals surface area (Å²) in [5, 5.41) is 3.33. The van der Waals surface area contributed by atoms with Gasteiger partial charge in [0.1, 0.15) is 12.6 Å². The van der Waals surface area contributed by atoms with Gasteiger partial charge in [-0.05, 0) is 69.2 Å². The first kappa shape index (κ1) is 30.2. The monoisotopic (exact) mass is 569 g/mol. The third kappa shape index (κ3) is 8.07. The third-order valence-corrected chi connectivity index (χ3v) is 8.51. The maximum Gasteiger partial charge on any atom is 0.264 e. The van der Waals surface area contributed by atoms with E-state index in [0.717, 1.165) is 33.8 Å². The molecule has 7 nitrogen and oxygen atoms in total. The summed E-state index contributed by atoms with van der Waals surface area (Å²) in [6, 6.07) is 19.6. The van der Waals surface area contributed by atoms with Crippen LogP contribution in [0.15, 0.2) is 77.7 Å². The lowest BCUT2D eigenvalue weighted by Crippen LogP contribution is -2.51. The van der Waals surface area contributed by atoms with Gasteiger partial charge in [-0.25, -0.2) is 8.42 Å². The number of nitrogens with zero attached hydrogens (tertiary/aromatic N) is 2. The maximum atomic E-state index is 13.9. The number of aryl methyl sites for hydroxylation is 2. The van der Waals surface area contributed by atoms with Gasteiger partial charge in [-0.1, -0.05) is 72.5 Å². The Hall–Kier alpha value is -3.36. The highest BCUT2D eigenvalue weighted by Gasteiger charge is 2.32. The second-order valence-electron chi connectivity index (χ2n) is 9.63. The second kappa shape index (κ2) is 13.6. The molecular weight excluding hydrogens is 534 g/mol. The SMILES string of the molecule is CCCCNC(=O)[C@@H](C)N(Cc1ccc(C)cc1)C(=O)CN(c1ccc(Cl)cc1)S(=O)(=O)c1ccc(C)cc1. The van der Waals surface area contributed by atoms with Crippen molar-refractivity contribution in [1.82, 2.24) is 10.2 Å². The molecule has 3 rings (SSSR count). The lowest BCUT2D eigenvalue weighted by atomic mass is 10.1. The van der Waals surface area contributed by atoms with Crippen LogP contribution in [0, 0.1) is 13.8 Å². The van der Waals surface area contributed by atoms with Crippen molar-refractivity contribution in [2.75, 3.05) is 17.4 Å². The number of unbranched alkanes of at least 4 members (excludes halogenated alkanes) is 1. The van der Waals surface area contributed by atoms with Crippen LogP contribution in [-0.2, 0) is 26.2 Å². The van der Waals surface area contributed by atoms with Gasteiger partial charge in [0.15, 0.2) is 0 Å². The number of hydrogen-bond acceptors (Lipinski definition) is 4. The van der Waals surface area contributed by atoms with Crippen LogP contribution < -0.4 is 9.62 Å². The van der Waals surface area contributed by atoms with Crippen LogP contribution >= 0.6 is 11.6 Å². The van der Waals surface area contributed by atoms with Crippen molar-refractivity contribution in [2.24, 2.45) is 0 Å². The summed E-state index contributed by atoms with van der Waals surface area (Å²) >= 11 is 6.06. The van der Waals surface area contributed by atoms with E-state index in [4.69, 9.17) is 11.6 Å². The summed E-state index contributed by atoms with van der Waals surface area (Å²) in [6.45, 7) is 7.70. The van der Waals surface area contributed by atoms with E-state index in [1.54, 1.807) is 43.3 Å². The maximum absolute atomic E-state index is 13.9. The number of amides is 2. The van der Waals surface area contributed by atoms with E-state index in [0.29, 0.717) is 17.3 Å². The molecule has 0 spiro atoms. The number of halogens is 1. The number of benzene rings is 3. The van der Waals surface area contributed by atoms with Crippen molar-refractivity contribution < 1.29 is 18.0 Å². The van der Waals surface area contributed by atoms with Crippen molar-refractivity contribution in [3.63, 3.8) is 0 Å². The average Bonchev–Trinajstić information content (AvgIpc) is 2.91. The van der Waals surface area contributed by atoms with Gasteiger partial charge in [0.25, 0.3) is 10.0 Å². The molecule has 208 valence electrons. The van der Waals surface area contributed by atoms with Gasteiger partial charge in [-0.2, -0.15) is 0 Å². The van der Waals surface area contributed by atoms with Crippen LogP contribution in [0.2, 0.25) is 5.02 Å². The standard InChI is InChI=1S/C30H36ClN3O4S/c1-5-6-19-32-30(36)24(4)33(20-25-11-7-22(2)8-12-25)29(35)21-34(27-15-13-26(31)14-16-27)39(37,38)28-17-9-23(3)10-18-28/h7-18,24H,5-6,19-21H2,1-4H3,(H,32,36)/t24-/m1/s1. The molecule has 0 saturated carbocycles. The molecule has 0 aliphatic carbocycles. The summed E-state index contributed by atoms with van der Waals surface area (Å²) < 4.78 is 28.7. The minimum Gasteiger partial charge on any atom is -0.354 e. The Morgan fingerprint density at radius 3 is 2.03 bits per heavy atom. The van der Waals surface area contributed by atoms with E-state index in [-0.39, 0.29) is 17.3 Å². The van der Waals surface area contributed by atoms with Gasteiger partial charge >= 0.3 is 0 Å². The fourth-order valence-electron chi connectivity index (χ4n) is 3.98. The first-order valence-electron chi connectivity index (χ1n) is 13.0. The summed E-state index contributed by atoms with van der Waals surface area (Å²) in [6.07, 6.45) is 1.75. The largest absolute Gasteiger partial charge is 0.354 e. The number of sulfonamides is 1. The molecule has 9 heteroatoms. The molecule has 39 heavy (non-hydrogen) atoms. The van der Waals surface area contributed by atoms with E-state index in [9.17, 15) is 18.0 Å². The molecule has 2 amide bonds. The van der Waals surface area contributed by atoms with Gasteiger partial charge in [0, 0.05) is 18.1 Å². The zero-order chi connectivity index (χ0) is 28.6. The second-order valence-corrected chi connectivity index (χ2v) is 11.9. The van der Waals surface area contributed by atoms with Gasteiger partial charge in [0.05, 0.1) is 10.6 Å². The van der Waals surface area contributed by atoms with Crippen LogP contribution in [0.25, 0.3) is 0 Å². The molecule has 0 heterocycles. The topological polar surface area (TPSA) is 86.8 Å². The molecule has 0 unspecified atom stereocenters. The molecule has 0 aromatic heterocycles. The summed E-state index contributed by atoms with van der Waals surface area (Å²) in [5.74, 6) is -0.789. The third-order valence-electron chi connectivity index (χ3n) is 6.47. The Morgan fingerprint density at radius 2 is 1.46 bits per heavy atom. The Labute approximate surface area is 236 Å². The van der Waals surface area contributed by atoms with Crippen molar-refractivity contribution in [1.29, 1.82) is 0 Å². The van der Waals surface area contributed by atoms with E-state index in [2.05, 4.69) is 5.32 Å². The molecule has 0 radical (unpaired) electrons. The number of carbonyl (C=O) groups excluding carboxylic acids is 2. The smallest absolute Gasteiger partial charge is 0.264 e. The molecule has 3 aromatic rings. The quantitative estimate of drug-likeness (QED) is 0.292. The fraction of sp³-hybridized carbons (Fsp3) is 0.333. The predicted molar refractivity (Wildman–Crippen MR) is 156 cm³/mol. The van der Waals surface area contributed by atoms with Gasteiger partial charge in [0.2, 0.25) is 11.8 Å². The van der Waals surface area contributed by atoms with Gasteiger partial charge < -0.3 is 10.2 Å². The Kier molecular flexibility index (Phi) is 10.5. The number of rotatable bonds is 12. The molecular formula is C30H36ClN3O4S. The van der Waals surface area contributed by atoms with Crippen LogP contribution in [0.3, 0.4) is 0 Å². The highest BCUT2D eigenvalue weighted by molar-refractivity contribution is 7.92. The molecule has 0 saturated heterocycles. The van der Waals surface area contributed by atoms with Crippen molar-refractivity contribution in [3.8, 4) is 0 Å². The summed E-state index contributed by atoms with van der Waals surface area (Å²) in [4.78, 5) is 28.4. The van der Waals surface area contributed by atoms with Gasteiger partial charge in [-0.3, -0.25) is 13.9 Å². The van der Waals surface area contributed by atoms with Crippen LogP contribution in [0.4, 0.5) is 5.69 Å². The summed E-state index contributed by atoms with van der Waals surface area (Å²) in [7, 11) is -4.11. The first-order chi connectivity index (χ1) is 18.5. The van der Waals surface area contributed by atoms with E-state index >= 15 is 0 Å². The molecule has 1 N–H and O–H groups in total. The van der Waals surface area contributed by atoms with Crippen LogP contribution in [-0.4, -0.2) is 44.3 Å². The van der Waals surface area contributed by atoms with E-state index < -0.39 is 28.5 Å². The van der Waals surface area contributed by atoms with Crippen LogP contribution in [0.1, 0.15) is 43.4 Å². The molecule has 0 bridgehead atoms. The van der Waals surface area contributed by atoms with Crippen molar-refractivity contribution >= 4 is 39.1 Å². The zero-order valence-corrected chi connectivity index (χ0v) is 24.4. The Morgan fingerprint density at radius 1 is 0.897 bits per heavy atom. The van der Waals surface area contributed by atoms with Crippen molar-refractivity contribution in [2.45, 2.75) is 58.0 Å². The van der Waals surface area contributed by atoms with Crippen LogP contribution in [0.5, 0.6) is 0 Å². The number of nitrogens with one attached hydrogen (secondary N) is 1. The average molecular weight is 570 g/mol. The molecule has 3 aromatic carbocycles. The zero-order valence-electron chi connectivity index (χ0n) is 22.9. The number of hydrogen-bond donors (Lipinski definition) is 1. The minimum atomic E-state index is -4.11. The van der Waals surface area contributed by atoms with E-state index in [1.807, 2.05) is 45.0 Å². The number of anilines is 1. The lowest BCUT2D eigenvalue weighted by Gasteiger charge is -2.32. The molecule has 0 aliphatic heterocycles.